The molecule has 0 bridgehead atoms. The van der Waals surface area contributed by atoms with E-state index in [-0.39, 0.29) is 6.10 Å². The lowest BCUT2D eigenvalue weighted by Gasteiger charge is -2.00. The first-order chi connectivity index (χ1) is 5.79. The van der Waals surface area contributed by atoms with Crippen molar-refractivity contribution in [2.24, 2.45) is 0 Å². The second-order valence-corrected chi connectivity index (χ2v) is 3.15. The van der Waals surface area contributed by atoms with Gasteiger partial charge in [0.2, 0.25) is 0 Å². The minimum Gasteiger partial charge on any atom is -0.365 e. The van der Waals surface area contributed by atoms with Crippen molar-refractivity contribution in [1.29, 1.82) is 0 Å². The predicted octanol–water partition coefficient (Wildman–Crippen LogP) is 2.49. The van der Waals surface area contributed by atoms with Gasteiger partial charge < -0.3 is 4.74 Å². The second kappa shape index (κ2) is 2.76. The van der Waals surface area contributed by atoms with Gasteiger partial charge in [-0.05, 0) is 18.1 Å². The fraction of sp³-hybridized carbons (Fsp3) is 0.273. The standard InChI is InChI=1S/C11H12O/c1-8(11-9(2)12-11)10-6-4-3-5-7-10/h3-7,9,11H,1H2,2H3. The SMILES string of the molecule is C=C(c1ccccc1)C1OC1C. The Kier molecular flexibility index (Phi) is 1.74. The first-order valence-corrected chi connectivity index (χ1v) is 4.19. The molecule has 62 valence electrons. The number of benzene rings is 1. The molecule has 1 aliphatic rings. The molecular formula is C11H12O. The summed E-state index contributed by atoms with van der Waals surface area (Å²) in [5.74, 6) is 0. The molecule has 1 nitrogen and oxygen atoms in total. The first kappa shape index (κ1) is 7.56. The zero-order chi connectivity index (χ0) is 8.55. The van der Waals surface area contributed by atoms with Crippen molar-refractivity contribution >= 4 is 5.57 Å². The molecule has 0 aliphatic carbocycles. The van der Waals surface area contributed by atoms with Crippen LogP contribution in [0.3, 0.4) is 0 Å². The van der Waals surface area contributed by atoms with Gasteiger partial charge in [0.25, 0.3) is 0 Å². The lowest BCUT2D eigenvalue weighted by Crippen LogP contribution is -1.92. The fourth-order valence-electron chi connectivity index (χ4n) is 1.37. The van der Waals surface area contributed by atoms with E-state index >= 15 is 0 Å². The van der Waals surface area contributed by atoms with Gasteiger partial charge in [0, 0.05) is 0 Å². The Morgan fingerprint density at radius 2 is 1.92 bits per heavy atom. The van der Waals surface area contributed by atoms with Crippen LogP contribution in [0.15, 0.2) is 36.9 Å². The average Bonchev–Trinajstić information content (AvgIpc) is 2.83. The number of hydrogen-bond donors (Lipinski definition) is 0. The maximum absolute atomic E-state index is 5.33. The molecule has 1 heteroatoms. The summed E-state index contributed by atoms with van der Waals surface area (Å²) in [7, 11) is 0. The topological polar surface area (TPSA) is 12.5 Å². The molecule has 0 aromatic heterocycles. The Labute approximate surface area is 72.7 Å². The van der Waals surface area contributed by atoms with Crippen molar-refractivity contribution in [3.05, 3.63) is 42.5 Å². The Balaban J connectivity index is 2.16. The number of ether oxygens (including phenoxy) is 1. The van der Waals surface area contributed by atoms with Crippen LogP contribution in [0.5, 0.6) is 0 Å². The summed E-state index contributed by atoms with van der Waals surface area (Å²) in [6.45, 7) is 6.08. The van der Waals surface area contributed by atoms with Gasteiger partial charge in [-0.2, -0.15) is 0 Å². The van der Waals surface area contributed by atoms with E-state index in [0.29, 0.717) is 6.10 Å². The molecule has 1 aliphatic heterocycles. The minimum atomic E-state index is 0.257. The predicted molar refractivity (Wildman–Crippen MR) is 49.8 cm³/mol. The molecule has 1 heterocycles. The maximum Gasteiger partial charge on any atom is 0.109 e. The van der Waals surface area contributed by atoms with E-state index in [9.17, 15) is 0 Å². The van der Waals surface area contributed by atoms with Crippen molar-refractivity contribution < 1.29 is 4.74 Å². The van der Waals surface area contributed by atoms with Crippen LogP contribution < -0.4 is 0 Å². The molecule has 0 N–H and O–H groups in total. The van der Waals surface area contributed by atoms with Gasteiger partial charge in [-0.1, -0.05) is 36.9 Å². The Morgan fingerprint density at radius 3 is 2.42 bits per heavy atom. The summed E-state index contributed by atoms with van der Waals surface area (Å²) in [5.41, 5.74) is 2.29. The number of rotatable bonds is 2. The van der Waals surface area contributed by atoms with Gasteiger partial charge in [-0.3, -0.25) is 0 Å². The highest BCUT2D eigenvalue weighted by Gasteiger charge is 2.36. The Bertz CT molecular complexity index is 289. The zero-order valence-corrected chi connectivity index (χ0v) is 7.16. The maximum atomic E-state index is 5.33. The molecule has 1 aromatic rings. The molecule has 1 saturated heterocycles. The molecule has 2 atom stereocenters. The van der Waals surface area contributed by atoms with Crippen molar-refractivity contribution in [3.63, 3.8) is 0 Å². The summed E-state index contributed by atoms with van der Waals surface area (Å²) in [4.78, 5) is 0. The van der Waals surface area contributed by atoms with Crippen LogP contribution in [0.4, 0.5) is 0 Å². The molecule has 12 heavy (non-hydrogen) atoms. The second-order valence-electron chi connectivity index (χ2n) is 3.15. The highest BCUT2D eigenvalue weighted by Crippen LogP contribution is 2.33. The third-order valence-corrected chi connectivity index (χ3v) is 2.20. The van der Waals surface area contributed by atoms with Crippen molar-refractivity contribution in [3.8, 4) is 0 Å². The molecule has 0 spiro atoms. The Morgan fingerprint density at radius 1 is 1.33 bits per heavy atom. The van der Waals surface area contributed by atoms with Gasteiger partial charge in [0.15, 0.2) is 0 Å². The van der Waals surface area contributed by atoms with E-state index in [4.69, 9.17) is 4.74 Å². The van der Waals surface area contributed by atoms with Crippen LogP contribution in [-0.4, -0.2) is 12.2 Å². The van der Waals surface area contributed by atoms with Crippen LogP contribution in [-0.2, 0) is 4.74 Å². The quantitative estimate of drug-likeness (QED) is 0.605. The fourth-order valence-corrected chi connectivity index (χ4v) is 1.37. The normalized spacial score (nSPS) is 26.8. The van der Waals surface area contributed by atoms with E-state index in [1.807, 2.05) is 18.2 Å². The molecule has 1 fully saturated rings. The monoisotopic (exact) mass is 160 g/mol. The van der Waals surface area contributed by atoms with Crippen molar-refractivity contribution in [1.82, 2.24) is 0 Å². The Hall–Kier alpha value is -1.08. The van der Waals surface area contributed by atoms with Gasteiger partial charge in [0.1, 0.15) is 6.10 Å². The highest BCUT2D eigenvalue weighted by molar-refractivity contribution is 5.68. The van der Waals surface area contributed by atoms with Crippen molar-refractivity contribution in [2.45, 2.75) is 19.1 Å². The third kappa shape index (κ3) is 1.28. The summed E-state index contributed by atoms with van der Waals surface area (Å²) in [6, 6.07) is 10.2. The molecule has 2 unspecified atom stereocenters. The summed E-state index contributed by atoms with van der Waals surface area (Å²) < 4.78 is 5.33. The minimum absolute atomic E-state index is 0.257. The van der Waals surface area contributed by atoms with E-state index in [0.717, 1.165) is 5.57 Å². The van der Waals surface area contributed by atoms with E-state index < -0.39 is 0 Å². The van der Waals surface area contributed by atoms with Crippen LogP contribution >= 0.6 is 0 Å². The average molecular weight is 160 g/mol. The lowest BCUT2D eigenvalue weighted by molar-refractivity contribution is 0.403. The lowest BCUT2D eigenvalue weighted by atomic mass is 10.0. The molecule has 1 aromatic carbocycles. The van der Waals surface area contributed by atoms with E-state index in [1.165, 1.54) is 5.56 Å². The summed E-state index contributed by atoms with van der Waals surface area (Å²) in [6.07, 6.45) is 0.616. The summed E-state index contributed by atoms with van der Waals surface area (Å²) in [5, 5.41) is 0. The molecule has 0 amide bonds. The number of epoxide rings is 1. The van der Waals surface area contributed by atoms with E-state index in [1.54, 1.807) is 0 Å². The largest absolute Gasteiger partial charge is 0.365 e. The smallest absolute Gasteiger partial charge is 0.109 e. The summed E-state index contributed by atoms with van der Waals surface area (Å²) >= 11 is 0. The zero-order valence-electron chi connectivity index (χ0n) is 7.16. The molecular weight excluding hydrogens is 148 g/mol. The van der Waals surface area contributed by atoms with Gasteiger partial charge in [-0.25, -0.2) is 0 Å². The van der Waals surface area contributed by atoms with Crippen molar-refractivity contribution in [2.75, 3.05) is 0 Å². The van der Waals surface area contributed by atoms with Crippen LogP contribution in [0.1, 0.15) is 12.5 Å². The molecule has 0 radical (unpaired) electrons. The van der Waals surface area contributed by atoms with Crippen LogP contribution in [0.25, 0.3) is 5.57 Å². The van der Waals surface area contributed by atoms with Gasteiger partial charge in [0.05, 0.1) is 6.10 Å². The van der Waals surface area contributed by atoms with Gasteiger partial charge >= 0.3 is 0 Å². The molecule has 2 rings (SSSR count). The van der Waals surface area contributed by atoms with Crippen LogP contribution in [0.2, 0.25) is 0 Å². The molecule has 0 saturated carbocycles. The first-order valence-electron chi connectivity index (χ1n) is 4.19. The third-order valence-electron chi connectivity index (χ3n) is 2.20. The van der Waals surface area contributed by atoms with Crippen LogP contribution in [0, 0.1) is 0 Å². The highest BCUT2D eigenvalue weighted by atomic mass is 16.6. The van der Waals surface area contributed by atoms with Gasteiger partial charge in [-0.15, -0.1) is 0 Å². The number of hydrogen-bond acceptors (Lipinski definition) is 1. The van der Waals surface area contributed by atoms with E-state index in [2.05, 4.69) is 25.6 Å².